The summed E-state index contributed by atoms with van der Waals surface area (Å²) in [5.74, 6) is 2.71. The summed E-state index contributed by atoms with van der Waals surface area (Å²) >= 11 is 0. The van der Waals surface area contributed by atoms with E-state index in [1.165, 1.54) is 11.6 Å². The van der Waals surface area contributed by atoms with Crippen molar-refractivity contribution in [3.8, 4) is 56.6 Å². The summed E-state index contributed by atoms with van der Waals surface area (Å²) in [5, 5.41) is 0. The predicted octanol–water partition coefficient (Wildman–Crippen LogP) is 12.8. The lowest BCUT2D eigenvalue weighted by Gasteiger charge is -2.14. The first-order chi connectivity index (χ1) is 32.0. The lowest BCUT2D eigenvalue weighted by molar-refractivity contribution is -0.137. The molecule has 0 unspecified atom stereocenters. The van der Waals surface area contributed by atoms with Gasteiger partial charge in [0.1, 0.15) is 36.2 Å². The standard InChI is InChI=1S/C56H58N2O7/c1-4-31-61-32-13-17-41-14-10-18-44(35-41)45-21-30-52-53(38-45)58-56(47-20-12-16-43(37-47)39-64-50-24-22-48(60-3)23-25-50)55(57-52)46-19-11-15-42(36-46)40-65-51-28-26-49(27-29-51)62-33-8-6-7-9-34-63-54(59)5-2/h5,10-12,14-16,18-30,35-38H,2,4,6-9,13,17,31-34,39-40H2,1,3H3. The van der Waals surface area contributed by atoms with Crippen LogP contribution in [0.4, 0.5) is 0 Å². The van der Waals surface area contributed by atoms with Crippen LogP contribution in [0.25, 0.3) is 44.7 Å². The lowest BCUT2D eigenvalue weighted by atomic mass is 9.99. The fourth-order valence-corrected chi connectivity index (χ4v) is 7.40. The van der Waals surface area contributed by atoms with E-state index in [0.717, 1.165) is 137 Å². The predicted molar refractivity (Wildman–Crippen MR) is 258 cm³/mol. The van der Waals surface area contributed by atoms with Gasteiger partial charge in [-0.05, 0) is 146 Å². The monoisotopic (exact) mass is 870 g/mol. The van der Waals surface area contributed by atoms with Gasteiger partial charge in [-0.3, -0.25) is 0 Å². The molecule has 0 atom stereocenters. The van der Waals surface area contributed by atoms with Crippen LogP contribution in [-0.2, 0) is 33.9 Å². The third kappa shape index (κ3) is 13.8. The number of carbonyl (C=O) groups excluding carboxylic acids is 1. The summed E-state index contributed by atoms with van der Waals surface area (Å²) in [7, 11) is 1.65. The molecular weight excluding hydrogens is 813 g/mol. The number of ether oxygens (including phenoxy) is 6. The van der Waals surface area contributed by atoms with Gasteiger partial charge in [-0.2, -0.15) is 0 Å². The number of methoxy groups -OCH3 is 1. The Morgan fingerprint density at radius 1 is 0.523 bits per heavy atom. The van der Waals surface area contributed by atoms with Gasteiger partial charge in [-0.1, -0.05) is 80.2 Å². The number of nitrogens with zero attached hydrogens (tertiary/aromatic N) is 2. The molecule has 334 valence electrons. The van der Waals surface area contributed by atoms with Crippen molar-refractivity contribution < 1.29 is 33.2 Å². The third-order valence-corrected chi connectivity index (χ3v) is 10.8. The number of rotatable bonds is 25. The largest absolute Gasteiger partial charge is 0.497 e. The Bertz CT molecular complexity index is 2610. The molecule has 0 fully saturated rings. The van der Waals surface area contributed by atoms with Crippen LogP contribution in [0.15, 0.2) is 152 Å². The van der Waals surface area contributed by atoms with Crippen LogP contribution >= 0.6 is 0 Å². The highest BCUT2D eigenvalue weighted by molar-refractivity contribution is 5.89. The van der Waals surface area contributed by atoms with E-state index in [9.17, 15) is 4.79 Å². The van der Waals surface area contributed by atoms with E-state index >= 15 is 0 Å². The van der Waals surface area contributed by atoms with E-state index < -0.39 is 0 Å². The molecule has 7 rings (SSSR count). The summed E-state index contributed by atoms with van der Waals surface area (Å²) < 4.78 is 34.5. The first-order valence-corrected chi connectivity index (χ1v) is 22.6. The maximum absolute atomic E-state index is 11.2. The Morgan fingerprint density at radius 3 is 1.68 bits per heavy atom. The fourth-order valence-electron chi connectivity index (χ4n) is 7.40. The van der Waals surface area contributed by atoms with Crippen LogP contribution in [0, 0.1) is 0 Å². The molecule has 0 amide bonds. The van der Waals surface area contributed by atoms with Gasteiger partial charge >= 0.3 is 5.97 Å². The Balaban J connectivity index is 1.08. The Labute approximate surface area is 383 Å². The molecule has 0 bridgehead atoms. The first kappa shape index (κ1) is 46.0. The number of aryl methyl sites for hydroxylation is 1. The summed E-state index contributed by atoms with van der Waals surface area (Å²) in [6.07, 6.45) is 7.89. The number of aromatic nitrogens is 2. The van der Waals surface area contributed by atoms with E-state index in [1.807, 2.05) is 60.7 Å². The van der Waals surface area contributed by atoms with E-state index in [-0.39, 0.29) is 5.97 Å². The molecule has 9 heteroatoms. The second-order valence-electron chi connectivity index (χ2n) is 15.8. The molecule has 0 spiro atoms. The summed E-state index contributed by atoms with van der Waals surface area (Å²) in [6, 6.07) is 47.1. The first-order valence-electron chi connectivity index (χ1n) is 22.6. The SMILES string of the molecule is C=CC(=O)OCCCCCCOc1ccc(OCc2cccc(-c3nc4ccc(-c5cccc(CCCOCCC)c5)cc4nc3-c3cccc(COc4ccc(OC)cc4)c3)c2)cc1. The average molecular weight is 871 g/mol. The van der Waals surface area contributed by atoms with Gasteiger partial charge < -0.3 is 28.4 Å². The van der Waals surface area contributed by atoms with Gasteiger partial charge in [0, 0.05) is 30.4 Å². The molecule has 9 nitrogen and oxygen atoms in total. The molecule has 0 saturated carbocycles. The highest BCUT2D eigenvalue weighted by Crippen LogP contribution is 2.34. The zero-order chi connectivity index (χ0) is 45.1. The van der Waals surface area contributed by atoms with Gasteiger partial charge in [-0.25, -0.2) is 14.8 Å². The van der Waals surface area contributed by atoms with Crippen molar-refractivity contribution in [2.75, 3.05) is 33.5 Å². The molecule has 65 heavy (non-hydrogen) atoms. The molecule has 0 aliphatic heterocycles. The minimum absolute atomic E-state index is 0.374. The topological polar surface area (TPSA) is 98.2 Å². The van der Waals surface area contributed by atoms with Crippen LogP contribution in [0.3, 0.4) is 0 Å². The molecule has 0 radical (unpaired) electrons. The van der Waals surface area contributed by atoms with Crippen molar-refractivity contribution in [2.45, 2.75) is 65.1 Å². The molecule has 0 N–H and O–H groups in total. The van der Waals surface area contributed by atoms with Crippen molar-refractivity contribution in [1.29, 1.82) is 0 Å². The minimum atomic E-state index is -0.377. The molecule has 0 saturated heterocycles. The molecular formula is C56H58N2O7. The van der Waals surface area contributed by atoms with Crippen molar-refractivity contribution in [3.63, 3.8) is 0 Å². The molecule has 7 aromatic rings. The second kappa shape index (κ2) is 24.2. The third-order valence-electron chi connectivity index (χ3n) is 10.8. The second-order valence-corrected chi connectivity index (χ2v) is 15.8. The molecule has 0 aliphatic carbocycles. The molecule has 1 heterocycles. The highest BCUT2D eigenvalue weighted by atomic mass is 16.5. The average Bonchev–Trinajstić information content (AvgIpc) is 3.36. The van der Waals surface area contributed by atoms with Crippen LogP contribution < -0.4 is 18.9 Å². The van der Waals surface area contributed by atoms with E-state index in [1.54, 1.807) is 7.11 Å². The number of esters is 1. The zero-order valence-electron chi connectivity index (χ0n) is 37.5. The number of hydrogen-bond acceptors (Lipinski definition) is 9. The van der Waals surface area contributed by atoms with E-state index in [2.05, 4.69) is 92.4 Å². The van der Waals surface area contributed by atoms with Crippen LogP contribution in [0.2, 0.25) is 0 Å². The maximum atomic E-state index is 11.2. The van der Waals surface area contributed by atoms with Gasteiger partial charge in [-0.15, -0.1) is 0 Å². The molecule has 0 aliphatic rings. The summed E-state index contributed by atoms with van der Waals surface area (Å²) in [6.45, 7) is 8.92. The summed E-state index contributed by atoms with van der Waals surface area (Å²) in [4.78, 5) is 21.9. The lowest BCUT2D eigenvalue weighted by Crippen LogP contribution is -2.02. The van der Waals surface area contributed by atoms with Crippen LogP contribution in [0.1, 0.15) is 62.1 Å². The fraction of sp³-hybridized carbons (Fsp3) is 0.268. The number of fused-ring (bicyclic) bond motifs is 1. The Hall–Kier alpha value is -6.97. The number of hydrogen-bond donors (Lipinski definition) is 0. The van der Waals surface area contributed by atoms with Crippen LogP contribution in [-0.4, -0.2) is 49.5 Å². The van der Waals surface area contributed by atoms with Crippen molar-refractivity contribution in [2.24, 2.45) is 0 Å². The summed E-state index contributed by atoms with van der Waals surface area (Å²) in [5.41, 5.74) is 10.6. The number of benzene rings is 6. The van der Waals surface area contributed by atoms with Gasteiger partial charge in [0.2, 0.25) is 0 Å². The Kier molecular flexibility index (Phi) is 17.1. The quantitative estimate of drug-likeness (QED) is 0.0316. The molecule has 1 aromatic heterocycles. The number of carbonyl (C=O) groups is 1. The van der Waals surface area contributed by atoms with Gasteiger partial charge in [0.25, 0.3) is 0 Å². The van der Waals surface area contributed by atoms with Gasteiger partial charge in [0.15, 0.2) is 0 Å². The highest BCUT2D eigenvalue weighted by Gasteiger charge is 2.16. The zero-order valence-corrected chi connectivity index (χ0v) is 37.5. The van der Waals surface area contributed by atoms with Crippen LogP contribution in [0.5, 0.6) is 23.0 Å². The van der Waals surface area contributed by atoms with Crippen molar-refractivity contribution >= 4 is 17.0 Å². The van der Waals surface area contributed by atoms with E-state index in [4.69, 9.17) is 38.4 Å². The van der Waals surface area contributed by atoms with Crippen molar-refractivity contribution in [3.05, 3.63) is 169 Å². The minimum Gasteiger partial charge on any atom is -0.497 e. The van der Waals surface area contributed by atoms with Crippen molar-refractivity contribution in [1.82, 2.24) is 9.97 Å². The normalized spacial score (nSPS) is 11.0. The van der Waals surface area contributed by atoms with Gasteiger partial charge in [0.05, 0.1) is 42.7 Å². The number of unbranched alkanes of at least 4 members (excludes halogenated alkanes) is 3. The van der Waals surface area contributed by atoms with E-state index in [0.29, 0.717) is 26.4 Å². The smallest absolute Gasteiger partial charge is 0.330 e. The Morgan fingerprint density at radius 2 is 1.06 bits per heavy atom. The maximum Gasteiger partial charge on any atom is 0.330 e. The molecule has 6 aromatic carbocycles.